The molecule has 0 fully saturated rings. The van der Waals surface area contributed by atoms with Gasteiger partial charge in [-0.25, -0.2) is 0 Å². The summed E-state index contributed by atoms with van der Waals surface area (Å²) in [6, 6.07) is 0. The van der Waals surface area contributed by atoms with Gasteiger partial charge >= 0.3 is 11.9 Å². The number of carboxylic acids is 1. The molecule has 6 heteroatoms. The number of carbonyl (C=O) groups excluding carboxylic acids is 2. The van der Waals surface area contributed by atoms with Crippen molar-refractivity contribution < 1.29 is 28.7 Å². The van der Waals surface area contributed by atoms with Crippen LogP contribution in [0.25, 0.3) is 0 Å². The molecular formula is C12H22NO5+. The predicted molar refractivity (Wildman–Crippen MR) is 64.9 cm³/mol. The zero-order chi connectivity index (χ0) is 14.5. The van der Waals surface area contributed by atoms with E-state index in [0.29, 0.717) is 11.0 Å². The van der Waals surface area contributed by atoms with Crippen LogP contribution < -0.4 is 0 Å². The van der Waals surface area contributed by atoms with Gasteiger partial charge in [0.2, 0.25) is 0 Å². The summed E-state index contributed by atoms with van der Waals surface area (Å²) >= 11 is 0. The van der Waals surface area contributed by atoms with Crippen molar-refractivity contribution in [2.24, 2.45) is 5.92 Å². The van der Waals surface area contributed by atoms with E-state index < -0.39 is 24.0 Å². The predicted octanol–water partition coefficient (Wildman–Crippen LogP) is 0.304. The SMILES string of the molecule is CC(=O)C(C)C(=O)OC(CC(=O)O)C[N+](C)(C)C. The van der Waals surface area contributed by atoms with Crippen molar-refractivity contribution in [2.75, 3.05) is 27.7 Å². The quantitative estimate of drug-likeness (QED) is 0.404. The molecule has 0 aromatic carbocycles. The summed E-state index contributed by atoms with van der Waals surface area (Å²) in [6.45, 7) is 3.13. The fraction of sp³-hybridized carbons (Fsp3) is 0.750. The molecule has 0 aromatic rings. The highest BCUT2D eigenvalue weighted by molar-refractivity contribution is 5.97. The van der Waals surface area contributed by atoms with Crippen molar-refractivity contribution in [3.63, 3.8) is 0 Å². The molecule has 2 unspecified atom stereocenters. The number of ketones is 1. The van der Waals surface area contributed by atoms with Crippen LogP contribution in [0.15, 0.2) is 0 Å². The second-order valence-electron chi connectivity index (χ2n) is 5.46. The van der Waals surface area contributed by atoms with E-state index in [0.717, 1.165) is 0 Å². The standard InChI is InChI=1S/C12H21NO5/c1-8(9(2)14)12(17)18-10(6-11(15)16)7-13(3,4)5/h8,10H,6-7H2,1-5H3/p+1. The Bertz CT molecular complexity index is 332. The van der Waals surface area contributed by atoms with E-state index in [1.54, 1.807) is 0 Å². The molecule has 0 aliphatic heterocycles. The van der Waals surface area contributed by atoms with Gasteiger partial charge in [-0.1, -0.05) is 0 Å². The number of esters is 1. The van der Waals surface area contributed by atoms with E-state index in [1.807, 2.05) is 21.1 Å². The number of carbonyl (C=O) groups is 3. The summed E-state index contributed by atoms with van der Waals surface area (Å²) in [5, 5.41) is 8.78. The second kappa shape index (κ2) is 6.49. The molecular weight excluding hydrogens is 238 g/mol. The van der Waals surface area contributed by atoms with Crippen LogP contribution in [-0.4, -0.2) is 61.1 Å². The van der Waals surface area contributed by atoms with Crippen LogP contribution in [0.1, 0.15) is 20.3 Å². The lowest BCUT2D eigenvalue weighted by Crippen LogP contribution is -2.44. The highest BCUT2D eigenvalue weighted by Gasteiger charge is 2.28. The smallest absolute Gasteiger partial charge is 0.316 e. The minimum absolute atomic E-state index is 0.258. The number of ether oxygens (including phenoxy) is 1. The number of hydrogen-bond donors (Lipinski definition) is 1. The van der Waals surface area contributed by atoms with Crippen molar-refractivity contribution in [3.05, 3.63) is 0 Å². The van der Waals surface area contributed by atoms with E-state index >= 15 is 0 Å². The molecule has 0 rings (SSSR count). The fourth-order valence-electron chi connectivity index (χ4n) is 1.38. The number of rotatable bonds is 7. The Morgan fingerprint density at radius 3 is 2.06 bits per heavy atom. The van der Waals surface area contributed by atoms with Gasteiger partial charge in [-0.2, -0.15) is 0 Å². The van der Waals surface area contributed by atoms with Crippen LogP contribution in [0, 0.1) is 5.92 Å². The van der Waals surface area contributed by atoms with Crippen LogP contribution in [0.4, 0.5) is 0 Å². The topological polar surface area (TPSA) is 80.7 Å². The summed E-state index contributed by atoms with van der Waals surface area (Å²) in [7, 11) is 5.62. The molecule has 0 amide bonds. The molecule has 0 spiro atoms. The summed E-state index contributed by atoms with van der Waals surface area (Å²) < 4.78 is 5.58. The summed E-state index contributed by atoms with van der Waals surface area (Å²) in [4.78, 5) is 33.4. The van der Waals surface area contributed by atoms with Gasteiger partial charge in [0.15, 0.2) is 6.10 Å². The fourth-order valence-corrected chi connectivity index (χ4v) is 1.38. The Morgan fingerprint density at radius 2 is 1.72 bits per heavy atom. The molecule has 6 nitrogen and oxygen atoms in total. The van der Waals surface area contributed by atoms with E-state index in [-0.39, 0.29) is 12.2 Å². The highest BCUT2D eigenvalue weighted by atomic mass is 16.5. The number of nitrogens with zero attached hydrogens (tertiary/aromatic N) is 1. The number of Topliss-reactive ketones (excluding diaryl/α,β-unsaturated/α-hetero) is 1. The van der Waals surface area contributed by atoms with Gasteiger partial charge in [-0.05, 0) is 13.8 Å². The van der Waals surface area contributed by atoms with Gasteiger partial charge in [0.05, 0.1) is 27.6 Å². The van der Waals surface area contributed by atoms with Crippen molar-refractivity contribution >= 4 is 17.7 Å². The molecule has 0 aliphatic rings. The lowest BCUT2D eigenvalue weighted by molar-refractivity contribution is -0.873. The van der Waals surface area contributed by atoms with Gasteiger partial charge in [0, 0.05) is 0 Å². The van der Waals surface area contributed by atoms with Gasteiger partial charge in [-0.15, -0.1) is 0 Å². The Hall–Kier alpha value is -1.43. The zero-order valence-corrected chi connectivity index (χ0v) is 11.6. The molecule has 0 bridgehead atoms. The number of carboxylic acid groups (broad SMARTS) is 1. The van der Waals surface area contributed by atoms with Crippen LogP contribution in [0.3, 0.4) is 0 Å². The Labute approximate surface area is 107 Å². The van der Waals surface area contributed by atoms with Crippen molar-refractivity contribution in [1.82, 2.24) is 0 Å². The van der Waals surface area contributed by atoms with Crippen LogP contribution in [0.2, 0.25) is 0 Å². The van der Waals surface area contributed by atoms with Gasteiger partial charge < -0.3 is 14.3 Å². The highest BCUT2D eigenvalue weighted by Crippen LogP contribution is 2.09. The molecule has 0 radical (unpaired) electrons. The molecule has 0 heterocycles. The third-order valence-electron chi connectivity index (χ3n) is 2.40. The maximum absolute atomic E-state index is 11.6. The minimum Gasteiger partial charge on any atom is -0.481 e. The Balaban J connectivity index is 4.63. The number of likely N-dealkylation sites (N-methyl/N-ethyl adjacent to an activating group) is 1. The third kappa shape index (κ3) is 7.01. The minimum atomic E-state index is -1.03. The normalized spacial score (nSPS) is 14.7. The monoisotopic (exact) mass is 260 g/mol. The van der Waals surface area contributed by atoms with Gasteiger partial charge in [-0.3, -0.25) is 14.4 Å². The molecule has 2 atom stereocenters. The van der Waals surface area contributed by atoms with Crippen molar-refractivity contribution in [2.45, 2.75) is 26.4 Å². The van der Waals surface area contributed by atoms with Crippen molar-refractivity contribution in [1.29, 1.82) is 0 Å². The lowest BCUT2D eigenvalue weighted by Gasteiger charge is -2.28. The van der Waals surface area contributed by atoms with Gasteiger partial charge in [0.1, 0.15) is 18.2 Å². The summed E-state index contributed by atoms with van der Waals surface area (Å²) in [5.74, 6) is -2.84. The maximum Gasteiger partial charge on any atom is 0.316 e. The van der Waals surface area contributed by atoms with E-state index in [1.165, 1.54) is 13.8 Å². The maximum atomic E-state index is 11.6. The molecule has 0 saturated heterocycles. The first kappa shape index (κ1) is 16.6. The first-order valence-electron chi connectivity index (χ1n) is 5.76. The molecule has 1 N–H and O–H groups in total. The molecule has 104 valence electrons. The first-order chi connectivity index (χ1) is 8.03. The largest absolute Gasteiger partial charge is 0.481 e. The van der Waals surface area contributed by atoms with E-state index in [9.17, 15) is 14.4 Å². The van der Waals surface area contributed by atoms with Crippen LogP contribution in [0.5, 0.6) is 0 Å². The zero-order valence-electron chi connectivity index (χ0n) is 11.6. The second-order valence-corrected chi connectivity index (χ2v) is 5.46. The Kier molecular flexibility index (Phi) is 5.97. The number of aliphatic carboxylic acids is 1. The van der Waals surface area contributed by atoms with Crippen molar-refractivity contribution in [3.8, 4) is 0 Å². The third-order valence-corrected chi connectivity index (χ3v) is 2.40. The average molecular weight is 260 g/mol. The first-order valence-corrected chi connectivity index (χ1v) is 5.76. The van der Waals surface area contributed by atoms with Crippen LogP contribution >= 0.6 is 0 Å². The van der Waals surface area contributed by atoms with Gasteiger partial charge in [0.25, 0.3) is 0 Å². The number of quaternary nitrogens is 1. The molecule has 18 heavy (non-hydrogen) atoms. The van der Waals surface area contributed by atoms with Crippen LogP contribution in [-0.2, 0) is 19.1 Å². The molecule has 0 saturated carbocycles. The molecule has 0 aliphatic carbocycles. The van der Waals surface area contributed by atoms with E-state index in [4.69, 9.17) is 9.84 Å². The number of hydrogen-bond acceptors (Lipinski definition) is 4. The Morgan fingerprint density at radius 1 is 1.22 bits per heavy atom. The summed E-state index contributed by atoms with van der Waals surface area (Å²) in [5.41, 5.74) is 0. The average Bonchev–Trinajstić information content (AvgIpc) is 2.11. The summed E-state index contributed by atoms with van der Waals surface area (Å²) in [6.07, 6.45) is -0.983. The molecule has 0 aromatic heterocycles. The lowest BCUT2D eigenvalue weighted by atomic mass is 10.1. The van der Waals surface area contributed by atoms with E-state index in [2.05, 4.69) is 0 Å².